The van der Waals surface area contributed by atoms with E-state index in [1.54, 1.807) is 11.3 Å². The van der Waals surface area contributed by atoms with Gasteiger partial charge in [0.15, 0.2) is 11.0 Å². The lowest BCUT2D eigenvalue weighted by Crippen LogP contribution is -2.27. The van der Waals surface area contributed by atoms with Gasteiger partial charge in [-0.25, -0.2) is 4.98 Å². The standard InChI is InChI=1S/C25H27N5S2/c1-17-26-21-13-19(9-10-22(21)32-17)25-14-20(25)15-30(16-25)11-6-12-31-24-28-27-23(29(24)2)18-7-4-3-5-8-18/h3-5,7-10,13,20H,6,11-12,14-16H2,1-2H3. The molecule has 7 heteroatoms. The summed E-state index contributed by atoms with van der Waals surface area (Å²) in [6, 6.07) is 17.3. The molecule has 164 valence electrons. The molecule has 2 aromatic carbocycles. The maximum atomic E-state index is 4.72. The zero-order valence-electron chi connectivity index (χ0n) is 18.5. The number of hydrogen-bond donors (Lipinski definition) is 0. The minimum Gasteiger partial charge on any atom is -0.305 e. The van der Waals surface area contributed by atoms with Crippen molar-refractivity contribution in [3.63, 3.8) is 0 Å². The molecule has 0 amide bonds. The van der Waals surface area contributed by atoms with Crippen molar-refractivity contribution in [2.24, 2.45) is 13.0 Å². The summed E-state index contributed by atoms with van der Waals surface area (Å²) in [5, 5.41) is 11.0. The topological polar surface area (TPSA) is 46.8 Å². The highest BCUT2D eigenvalue weighted by Gasteiger charge is 2.60. The van der Waals surface area contributed by atoms with Gasteiger partial charge in [0.2, 0.25) is 0 Å². The molecule has 1 saturated carbocycles. The second-order valence-corrected chi connectivity index (χ2v) is 11.4. The molecule has 1 aliphatic heterocycles. The van der Waals surface area contributed by atoms with E-state index in [0.29, 0.717) is 5.41 Å². The quantitative estimate of drug-likeness (QED) is 0.281. The molecule has 1 saturated heterocycles. The lowest BCUT2D eigenvalue weighted by Gasteiger charge is -2.21. The molecule has 4 aromatic rings. The smallest absolute Gasteiger partial charge is 0.191 e. The second-order valence-electron chi connectivity index (χ2n) is 9.14. The van der Waals surface area contributed by atoms with E-state index in [2.05, 4.69) is 64.0 Å². The summed E-state index contributed by atoms with van der Waals surface area (Å²) in [6.07, 6.45) is 2.51. The highest BCUT2D eigenvalue weighted by molar-refractivity contribution is 7.99. The Labute approximate surface area is 196 Å². The molecule has 2 fully saturated rings. The Morgan fingerprint density at radius 3 is 2.91 bits per heavy atom. The number of fused-ring (bicyclic) bond motifs is 2. The normalized spacial score (nSPS) is 22.5. The van der Waals surface area contributed by atoms with Crippen LogP contribution < -0.4 is 0 Å². The van der Waals surface area contributed by atoms with Crippen LogP contribution in [-0.2, 0) is 12.5 Å². The number of hydrogen-bond acceptors (Lipinski definition) is 6. The van der Waals surface area contributed by atoms with Crippen LogP contribution >= 0.6 is 23.1 Å². The molecular formula is C25H27N5S2. The summed E-state index contributed by atoms with van der Waals surface area (Å²) in [6.45, 7) is 5.69. The molecular weight excluding hydrogens is 434 g/mol. The molecule has 2 unspecified atom stereocenters. The molecule has 2 atom stereocenters. The van der Waals surface area contributed by atoms with Crippen molar-refractivity contribution < 1.29 is 0 Å². The Hall–Kier alpha value is -2.22. The van der Waals surface area contributed by atoms with Gasteiger partial charge in [-0.3, -0.25) is 0 Å². The SMILES string of the molecule is Cc1nc2cc(C34CC3CN(CCCSc3nnc(-c5ccccc5)n3C)C4)ccc2s1. The van der Waals surface area contributed by atoms with E-state index in [-0.39, 0.29) is 0 Å². The van der Waals surface area contributed by atoms with Crippen LogP contribution in [0.5, 0.6) is 0 Å². The number of aryl methyl sites for hydroxylation is 1. The summed E-state index contributed by atoms with van der Waals surface area (Å²) in [4.78, 5) is 7.38. The monoisotopic (exact) mass is 461 g/mol. The Balaban J connectivity index is 1.04. The Bertz CT molecular complexity index is 1260. The number of benzene rings is 2. The molecule has 32 heavy (non-hydrogen) atoms. The van der Waals surface area contributed by atoms with Gasteiger partial charge in [0.05, 0.1) is 15.2 Å². The number of piperidine rings is 1. The Morgan fingerprint density at radius 1 is 1.16 bits per heavy atom. The first-order valence-electron chi connectivity index (χ1n) is 11.3. The fourth-order valence-corrected chi connectivity index (χ4v) is 6.93. The van der Waals surface area contributed by atoms with Gasteiger partial charge < -0.3 is 9.47 Å². The van der Waals surface area contributed by atoms with E-state index < -0.39 is 0 Å². The van der Waals surface area contributed by atoms with E-state index in [4.69, 9.17) is 4.98 Å². The van der Waals surface area contributed by atoms with E-state index in [9.17, 15) is 0 Å². The van der Waals surface area contributed by atoms with Crippen molar-refractivity contribution in [1.29, 1.82) is 0 Å². The van der Waals surface area contributed by atoms with Crippen LogP contribution in [0.15, 0.2) is 53.7 Å². The number of thiazole rings is 1. The summed E-state index contributed by atoms with van der Waals surface area (Å²) in [5.74, 6) is 2.82. The predicted octanol–water partition coefficient (Wildman–Crippen LogP) is 5.16. The molecule has 0 radical (unpaired) electrons. The molecule has 1 aliphatic carbocycles. The molecule has 6 rings (SSSR count). The van der Waals surface area contributed by atoms with Gasteiger partial charge in [0.1, 0.15) is 0 Å². The van der Waals surface area contributed by atoms with Crippen molar-refractivity contribution in [2.75, 3.05) is 25.4 Å². The summed E-state index contributed by atoms with van der Waals surface area (Å²) in [7, 11) is 2.06. The minimum absolute atomic E-state index is 0.382. The lowest BCUT2D eigenvalue weighted by atomic mass is 9.95. The first-order valence-corrected chi connectivity index (χ1v) is 13.1. The highest BCUT2D eigenvalue weighted by atomic mass is 32.2. The summed E-state index contributed by atoms with van der Waals surface area (Å²) in [5.41, 5.74) is 4.18. The van der Waals surface area contributed by atoms with Gasteiger partial charge in [-0.2, -0.15) is 0 Å². The van der Waals surface area contributed by atoms with Gasteiger partial charge in [-0.15, -0.1) is 21.5 Å². The van der Waals surface area contributed by atoms with Crippen molar-refractivity contribution in [3.05, 3.63) is 59.1 Å². The minimum atomic E-state index is 0.382. The zero-order valence-corrected chi connectivity index (χ0v) is 20.1. The molecule has 2 aliphatic rings. The van der Waals surface area contributed by atoms with Gasteiger partial charge in [0, 0.05) is 36.9 Å². The zero-order chi connectivity index (χ0) is 21.7. The van der Waals surface area contributed by atoms with Crippen LogP contribution in [0.1, 0.15) is 23.4 Å². The number of nitrogens with zero attached hydrogens (tertiary/aromatic N) is 5. The average Bonchev–Trinajstić information content (AvgIpc) is 3.07. The second kappa shape index (κ2) is 7.97. The molecule has 3 heterocycles. The third-order valence-corrected chi connectivity index (χ3v) is 9.06. The van der Waals surface area contributed by atoms with Gasteiger partial charge in [-0.1, -0.05) is 48.2 Å². The van der Waals surface area contributed by atoms with E-state index in [0.717, 1.165) is 39.8 Å². The van der Waals surface area contributed by atoms with Crippen LogP contribution in [-0.4, -0.2) is 50.0 Å². The maximum absolute atomic E-state index is 4.72. The van der Waals surface area contributed by atoms with Crippen LogP contribution in [0.3, 0.4) is 0 Å². The van der Waals surface area contributed by atoms with Gasteiger partial charge in [0.25, 0.3) is 0 Å². The Morgan fingerprint density at radius 2 is 2.03 bits per heavy atom. The number of rotatable bonds is 7. The van der Waals surface area contributed by atoms with Gasteiger partial charge in [-0.05, 0) is 49.9 Å². The summed E-state index contributed by atoms with van der Waals surface area (Å²) >= 11 is 3.61. The van der Waals surface area contributed by atoms with Crippen LogP contribution in [0.4, 0.5) is 0 Å². The number of thioether (sulfide) groups is 1. The molecule has 2 aromatic heterocycles. The fourth-order valence-electron chi connectivity index (χ4n) is 5.29. The van der Waals surface area contributed by atoms with Crippen molar-refractivity contribution in [1.82, 2.24) is 24.6 Å². The number of aromatic nitrogens is 4. The molecule has 0 N–H and O–H groups in total. The van der Waals surface area contributed by atoms with Gasteiger partial charge >= 0.3 is 0 Å². The lowest BCUT2D eigenvalue weighted by molar-refractivity contribution is 0.299. The third-order valence-electron chi connectivity index (χ3n) is 7.00. The highest BCUT2D eigenvalue weighted by Crippen LogP contribution is 2.59. The van der Waals surface area contributed by atoms with Crippen molar-refractivity contribution in [3.8, 4) is 11.4 Å². The fraction of sp³-hybridized carbons (Fsp3) is 0.400. The van der Waals surface area contributed by atoms with E-state index in [1.807, 2.05) is 30.0 Å². The Kier molecular flexibility index (Phi) is 5.08. The number of likely N-dealkylation sites (tertiary alicyclic amines) is 1. The van der Waals surface area contributed by atoms with Crippen molar-refractivity contribution in [2.45, 2.75) is 30.3 Å². The van der Waals surface area contributed by atoms with Crippen LogP contribution in [0, 0.1) is 12.8 Å². The largest absolute Gasteiger partial charge is 0.305 e. The maximum Gasteiger partial charge on any atom is 0.191 e. The van der Waals surface area contributed by atoms with E-state index >= 15 is 0 Å². The molecule has 5 nitrogen and oxygen atoms in total. The third kappa shape index (κ3) is 3.56. The first-order chi connectivity index (χ1) is 15.6. The van der Waals surface area contributed by atoms with Crippen molar-refractivity contribution >= 4 is 33.3 Å². The predicted molar refractivity (Wildman–Crippen MR) is 132 cm³/mol. The first kappa shape index (κ1) is 20.4. The summed E-state index contributed by atoms with van der Waals surface area (Å²) < 4.78 is 3.42. The van der Waals surface area contributed by atoms with Crippen LogP contribution in [0.2, 0.25) is 0 Å². The van der Waals surface area contributed by atoms with Crippen LogP contribution in [0.25, 0.3) is 21.6 Å². The van der Waals surface area contributed by atoms with E-state index in [1.165, 1.54) is 41.7 Å². The average molecular weight is 462 g/mol. The molecule has 0 spiro atoms. The molecule has 0 bridgehead atoms.